The SMILES string of the molecule is CC.CC(C)(C)c1ccc(=O)n(C2CCC2)c1. The van der Waals surface area contributed by atoms with E-state index >= 15 is 0 Å². The zero-order valence-corrected chi connectivity index (χ0v) is 11.8. The van der Waals surface area contributed by atoms with Crippen molar-refractivity contribution < 1.29 is 0 Å². The van der Waals surface area contributed by atoms with Gasteiger partial charge in [0, 0.05) is 18.3 Å². The zero-order chi connectivity index (χ0) is 13.1. The molecule has 2 rings (SSSR count). The minimum absolute atomic E-state index is 0.124. The molecule has 0 spiro atoms. The topological polar surface area (TPSA) is 22.0 Å². The molecule has 1 aliphatic rings. The van der Waals surface area contributed by atoms with Crippen LogP contribution in [0.4, 0.5) is 0 Å². The van der Waals surface area contributed by atoms with Gasteiger partial charge in [0.25, 0.3) is 5.56 Å². The third-order valence-electron chi connectivity index (χ3n) is 3.27. The number of nitrogens with zero attached hydrogens (tertiary/aromatic N) is 1. The molecule has 1 heterocycles. The highest BCUT2D eigenvalue weighted by Crippen LogP contribution is 2.31. The van der Waals surface area contributed by atoms with E-state index in [4.69, 9.17) is 0 Å². The quantitative estimate of drug-likeness (QED) is 0.723. The summed E-state index contributed by atoms with van der Waals surface area (Å²) >= 11 is 0. The van der Waals surface area contributed by atoms with E-state index in [0.29, 0.717) is 6.04 Å². The predicted molar refractivity (Wildman–Crippen MR) is 73.6 cm³/mol. The van der Waals surface area contributed by atoms with E-state index in [1.54, 1.807) is 6.07 Å². The Morgan fingerprint density at radius 1 is 1.18 bits per heavy atom. The average Bonchev–Trinajstić information content (AvgIpc) is 2.20. The standard InChI is InChI=1S/C13H19NO.C2H6/c1-13(2,3)10-7-8-12(15)14(9-10)11-5-4-6-11;1-2/h7-9,11H,4-6H2,1-3H3;1-2H3. The van der Waals surface area contributed by atoms with Crippen LogP contribution in [0.25, 0.3) is 0 Å². The number of hydrogen-bond donors (Lipinski definition) is 0. The first-order chi connectivity index (χ1) is 7.98. The van der Waals surface area contributed by atoms with E-state index in [1.165, 1.54) is 12.0 Å². The van der Waals surface area contributed by atoms with Crippen LogP contribution in [0.3, 0.4) is 0 Å². The van der Waals surface area contributed by atoms with Crippen molar-refractivity contribution in [1.29, 1.82) is 0 Å². The third kappa shape index (κ3) is 3.21. The van der Waals surface area contributed by atoms with Crippen LogP contribution in [0.15, 0.2) is 23.1 Å². The summed E-state index contributed by atoms with van der Waals surface area (Å²) in [5.74, 6) is 0. The van der Waals surface area contributed by atoms with Crippen LogP contribution < -0.4 is 5.56 Å². The van der Waals surface area contributed by atoms with E-state index in [1.807, 2.05) is 30.7 Å². The fourth-order valence-electron chi connectivity index (χ4n) is 1.90. The van der Waals surface area contributed by atoms with Crippen molar-refractivity contribution in [3.05, 3.63) is 34.2 Å². The summed E-state index contributed by atoms with van der Waals surface area (Å²) in [5, 5.41) is 0. The van der Waals surface area contributed by atoms with Gasteiger partial charge < -0.3 is 4.57 Å². The maximum absolute atomic E-state index is 11.7. The molecule has 96 valence electrons. The maximum Gasteiger partial charge on any atom is 0.250 e. The molecule has 0 atom stereocenters. The molecule has 1 saturated carbocycles. The van der Waals surface area contributed by atoms with Crippen LogP contribution in [0.1, 0.15) is 65.5 Å². The molecule has 1 aromatic heterocycles. The molecule has 1 fully saturated rings. The van der Waals surface area contributed by atoms with Crippen molar-refractivity contribution in [2.24, 2.45) is 0 Å². The Morgan fingerprint density at radius 3 is 2.18 bits per heavy atom. The Kier molecular flexibility index (Phi) is 4.55. The smallest absolute Gasteiger partial charge is 0.250 e. The molecule has 0 aliphatic heterocycles. The first-order valence-corrected chi connectivity index (χ1v) is 6.71. The largest absolute Gasteiger partial charge is 0.312 e. The second kappa shape index (κ2) is 5.52. The van der Waals surface area contributed by atoms with E-state index in [-0.39, 0.29) is 11.0 Å². The Bertz CT molecular complexity index is 408. The average molecular weight is 235 g/mol. The minimum Gasteiger partial charge on any atom is -0.312 e. The fraction of sp³-hybridized carbons (Fsp3) is 0.667. The summed E-state index contributed by atoms with van der Waals surface area (Å²) in [7, 11) is 0. The van der Waals surface area contributed by atoms with Crippen LogP contribution in [0, 0.1) is 0 Å². The van der Waals surface area contributed by atoms with Crippen LogP contribution >= 0.6 is 0 Å². The molecule has 0 unspecified atom stereocenters. The van der Waals surface area contributed by atoms with Crippen molar-refractivity contribution in [2.45, 2.75) is 65.3 Å². The monoisotopic (exact) mass is 235 g/mol. The number of aromatic nitrogens is 1. The summed E-state index contributed by atoms with van der Waals surface area (Å²) in [5.41, 5.74) is 1.51. The van der Waals surface area contributed by atoms with Gasteiger partial charge in [0.2, 0.25) is 0 Å². The molecule has 0 radical (unpaired) electrons. The van der Waals surface area contributed by atoms with Crippen LogP contribution in [-0.4, -0.2) is 4.57 Å². The lowest BCUT2D eigenvalue weighted by atomic mass is 9.87. The van der Waals surface area contributed by atoms with E-state index in [0.717, 1.165) is 12.8 Å². The van der Waals surface area contributed by atoms with Gasteiger partial charge in [-0.3, -0.25) is 4.79 Å². The molecule has 2 nitrogen and oxygen atoms in total. The lowest BCUT2D eigenvalue weighted by Gasteiger charge is -2.29. The molecule has 0 aromatic carbocycles. The lowest BCUT2D eigenvalue weighted by Crippen LogP contribution is -2.29. The highest BCUT2D eigenvalue weighted by atomic mass is 16.1. The lowest BCUT2D eigenvalue weighted by molar-refractivity contribution is 0.304. The van der Waals surface area contributed by atoms with Gasteiger partial charge in [-0.2, -0.15) is 0 Å². The van der Waals surface area contributed by atoms with Gasteiger partial charge >= 0.3 is 0 Å². The van der Waals surface area contributed by atoms with Gasteiger partial charge in [-0.1, -0.05) is 40.7 Å². The van der Waals surface area contributed by atoms with Gasteiger partial charge in [-0.05, 0) is 30.2 Å². The number of rotatable bonds is 1. The van der Waals surface area contributed by atoms with E-state index < -0.39 is 0 Å². The van der Waals surface area contributed by atoms with E-state index in [9.17, 15) is 4.79 Å². The van der Waals surface area contributed by atoms with Crippen molar-refractivity contribution >= 4 is 0 Å². The van der Waals surface area contributed by atoms with Crippen molar-refractivity contribution in [3.63, 3.8) is 0 Å². The molecular formula is C15H25NO. The van der Waals surface area contributed by atoms with Gasteiger partial charge in [-0.25, -0.2) is 0 Å². The Balaban J connectivity index is 0.000000686. The molecule has 0 N–H and O–H groups in total. The van der Waals surface area contributed by atoms with Gasteiger partial charge in [-0.15, -0.1) is 0 Å². The summed E-state index contributed by atoms with van der Waals surface area (Å²) in [6, 6.07) is 4.12. The maximum atomic E-state index is 11.7. The molecule has 17 heavy (non-hydrogen) atoms. The second-order valence-corrected chi connectivity index (χ2v) is 5.50. The van der Waals surface area contributed by atoms with Crippen molar-refractivity contribution in [2.75, 3.05) is 0 Å². The highest BCUT2D eigenvalue weighted by molar-refractivity contribution is 5.19. The molecule has 2 heteroatoms. The molecule has 0 saturated heterocycles. The second-order valence-electron chi connectivity index (χ2n) is 5.50. The summed E-state index contributed by atoms with van der Waals surface area (Å²) < 4.78 is 1.92. The molecular weight excluding hydrogens is 210 g/mol. The zero-order valence-electron chi connectivity index (χ0n) is 11.8. The summed E-state index contributed by atoms with van der Waals surface area (Å²) in [6.45, 7) is 10.5. The third-order valence-corrected chi connectivity index (χ3v) is 3.27. The molecule has 1 aliphatic carbocycles. The number of hydrogen-bond acceptors (Lipinski definition) is 1. The van der Waals surface area contributed by atoms with Crippen molar-refractivity contribution in [1.82, 2.24) is 4.57 Å². The Hall–Kier alpha value is -1.05. The normalized spacial score (nSPS) is 15.8. The van der Waals surface area contributed by atoms with Gasteiger partial charge in [0.15, 0.2) is 0 Å². The Morgan fingerprint density at radius 2 is 1.76 bits per heavy atom. The summed E-state index contributed by atoms with van der Waals surface area (Å²) in [4.78, 5) is 11.7. The first kappa shape index (κ1) is 14.0. The van der Waals surface area contributed by atoms with E-state index in [2.05, 4.69) is 20.8 Å². The predicted octanol–water partition coefficient (Wildman–Crippen LogP) is 3.90. The minimum atomic E-state index is 0.124. The van der Waals surface area contributed by atoms with Crippen LogP contribution in [0.2, 0.25) is 0 Å². The Labute approximate surface area is 105 Å². The molecule has 0 bridgehead atoms. The fourth-order valence-corrected chi connectivity index (χ4v) is 1.90. The molecule has 0 amide bonds. The van der Waals surface area contributed by atoms with Crippen molar-refractivity contribution in [3.8, 4) is 0 Å². The van der Waals surface area contributed by atoms with Crippen LogP contribution in [0.5, 0.6) is 0 Å². The van der Waals surface area contributed by atoms with Gasteiger partial charge in [0.1, 0.15) is 0 Å². The molecule has 1 aromatic rings. The summed E-state index contributed by atoms with van der Waals surface area (Å²) in [6.07, 6.45) is 5.63. The van der Waals surface area contributed by atoms with Crippen LogP contribution in [-0.2, 0) is 5.41 Å². The highest BCUT2D eigenvalue weighted by Gasteiger charge is 2.22. The van der Waals surface area contributed by atoms with Gasteiger partial charge in [0.05, 0.1) is 0 Å². The first-order valence-electron chi connectivity index (χ1n) is 6.71. The number of pyridine rings is 1.